The molecule has 0 atom stereocenters. The van der Waals surface area contributed by atoms with Gasteiger partial charge in [-0.25, -0.2) is 8.42 Å². The van der Waals surface area contributed by atoms with Gasteiger partial charge in [0.05, 0.1) is 0 Å². The van der Waals surface area contributed by atoms with Crippen LogP contribution >= 0.6 is 0 Å². The first-order valence-corrected chi connectivity index (χ1v) is 17.0. The normalized spacial score (nSPS) is 18.8. The van der Waals surface area contributed by atoms with E-state index >= 15 is 0 Å². The Kier molecular flexibility index (Phi) is 8.25. The van der Waals surface area contributed by atoms with Crippen LogP contribution < -0.4 is 18.7 Å². The maximum atomic E-state index is 11.3. The van der Waals surface area contributed by atoms with Crippen molar-refractivity contribution in [2.75, 3.05) is 24.3 Å². The molecule has 0 unspecified atom stereocenters. The molecule has 0 saturated heterocycles. The van der Waals surface area contributed by atoms with Crippen molar-refractivity contribution < 1.29 is 22.3 Å². The molecule has 3 aromatic rings. The van der Waals surface area contributed by atoms with Crippen molar-refractivity contribution in [3.63, 3.8) is 0 Å². The van der Waals surface area contributed by atoms with E-state index in [1.54, 1.807) is 7.11 Å². The van der Waals surface area contributed by atoms with Crippen LogP contribution in [0.1, 0.15) is 45.7 Å². The zero-order chi connectivity index (χ0) is 28.5. The molecule has 1 aliphatic heterocycles. The predicted octanol–water partition coefficient (Wildman–Crippen LogP) is 4.91. The summed E-state index contributed by atoms with van der Waals surface area (Å²) in [7, 11) is -2.55. The zero-order valence-corrected chi connectivity index (χ0v) is 26.0. The van der Waals surface area contributed by atoms with Crippen LogP contribution in [0.3, 0.4) is 0 Å². The van der Waals surface area contributed by atoms with Crippen molar-refractivity contribution in [3.05, 3.63) is 88.2 Å². The molecule has 0 saturated carbocycles. The number of hydrogen-bond donors (Lipinski definition) is 0. The second-order valence-electron chi connectivity index (χ2n) is 11.2. The topological polar surface area (TPSA) is 73.6 Å². The van der Waals surface area contributed by atoms with Gasteiger partial charge in [-0.15, -0.1) is 0 Å². The summed E-state index contributed by atoms with van der Waals surface area (Å²) in [5, 5.41) is 1.08. The Labute approximate surface area is 244 Å². The summed E-state index contributed by atoms with van der Waals surface area (Å²) in [5.74, 6) is 0.516. The number of fused-ring (bicyclic) bond motifs is 2. The van der Waals surface area contributed by atoms with E-state index in [0.717, 1.165) is 41.7 Å². The van der Waals surface area contributed by atoms with Crippen LogP contribution in [0.15, 0.2) is 82.5 Å². The summed E-state index contributed by atoms with van der Waals surface area (Å²) in [6.07, 6.45) is 9.17. The quantitative estimate of drug-likeness (QED) is 0.203. The van der Waals surface area contributed by atoms with Gasteiger partial charge in [0.2, 0.25) is 0 Å². The molecule has 0 radical (unpaired) electrons. The predicted molar refractivity (Wildman–Crippen MR) is 162 cm³/mol. The first kappa shape index (κ1) is 28.6. The number of benzene rings is 2. The molecular formula is C32H36N2O4SSe. The first-order chi connectivity index (χ1) is 19.0. The number of para-hydroxylation sites is 1. The third-order valence-corrected chi connectivity index (χ3v) is 10.5. The SMILES string of the molecule is CCN1C(=CC2=CC(=Cc3ccc4ccccc4[n+]3CCCS(=O)(=O)[O-])CC(C)(C)C2)[Se]c2ccc(OC)cc21. The molecule has 8 heteroatoms. The molecule has 0 spiro atoms. The summed E-state index contributed by atoms with van der Waals surface area (Å²) in [5.41, 5.74) is 5.96. The van der Waals surface area contributed by atoms with Gasteiger partial charge < -0.3 is 4.55 Å². The minimum atomic E-state index is -4.26. The van der Waals surface area contributed by atoms with Gasteiger partial charge in [-0.05, 0) is 0 Å². The van der Waals surface area contributed by atoms with Crippen molar-refractivity contribution in [3.8, 4) is 5.75 Å². The van der Waals surface area contributed by atoms with E-state index in [1.807, 2.05) is 24.3 Å². The average molecular weight is 624 g/mol. The fourth-order valence-electron chi connectivity index (χ4n) is 5.74. The van der Waals surface area contributed by atoms with Gasteiger partial charge in [0.1, 0.15) is 0 Å². The summed E-state index contributed by atoms with van der Waals surface area (Å²) in [6, 6.07) is 18.7. The van der Waals surface area contributed by atoms with Crippen LogP contribution in [0.2, 0.25) is 0 Å². The zero-order valence-electron chi connectivity index (χ0n) is 23.5. The Balaban J connectivity index is 1.52. The van der Waals surface area contributed by atoms with Crippen LogP contribution in [-0.4, -0.2) is 47.3 Å². The molecule has 1 aromatic heterocycles. The molecule has 210 valence electrons. The number of rotatable bonds is 8. The van der Waals surface area contributed by atoms with Gasteiger partial charge in [-0.2, -0.15) is 0 Å². The van der Waals surface area contributed by atoms with Gasteiger partial charge >= 0.3 is 232 Å². The Bertz CT molecular complexity index is 1640. The minimum absolute atomic E-state index is 0.101. The molecule has 0 fully saturated rings. The van der Waals surface area contributed by atoms with Crippen molar-refractivity contribution in [1.82, 2.24) is 0 Å². The molecule has 1 aliphatic carbocycles. The second kappa shape index (κ2) is 11.5. The maximum absolute atomic E-state index is 11.3. The van der Waals surface area contributed by atoms with E-state index in [2.05, 4.69) is 78.8 Å². The molecule has 40 heavy (non-hydrogen) atoms. The van der Waals surface area contributed by atoms with Crippen LogP contribution in [-0.2, 0) is 16.7 Å². The Hall–Kier alpha value is -2.90. The van der Waals surface area contributed by atoms with Crippen molar-refractivity contribution in [1.29, 1.82) is 0 Å². The van der Waals surface area contributed by atoms with Gasteiger partial charge in [0.15, 0.2) is 0 Å². The van der Waals surface area contributed by atoms with E-state index in [4.69, 9.17) is 4.74 Å². The van der Waals surface area contributed by atoms with Crippen molar-refractivity contribution in [2.45, 2.75) is 46.6 Å². The van der Waals surface area contributed by atoms with E-state index < -0.39 is 10.1 Å². The van der Waals surface area contributed by atoms with Crippen molar-refractivity contribution in [2.24, 2.45) is 5.41 Å². The number of nitrogens with zero attached hydrogens (tertiary/aromatic N) is 2. The van der Waals surface area contributed by atoms with Crippen LogP contribution in [0.25, 0.3) is 17.0 Å². The molecule has 2 heterocycles. The first-order valence-electron chi connectivity index (χ1n) is 13.7. The van der Waals surface area contributed by atoms with Crippen LogP contribution in [0.4, 0.5) is 5.69 Å². The second-order valence-corrected chi connectivity index (χ2v) is 15.0. The molecule has 0 N–H and O–H groups in total. The molecule has 2 aromatic carbocycles. The number of aromatic nitrogens is 1. The fraction of sp³-hybridized carbons (Fsp3) is 0.344. The number of methoxy groups -OCH3 is 1. The van der Waals surface area contributed by atoms with E-state index in [1.165, 1.54) is 25.9 Å². The monoisotopic (exact) mass is 624 g/mol. The molecule has 0 bridgehead atoms. The summed E-state index contributed by atoms with van der Waals surface area (Å²) in [4.78, 5) is 2.41. The summed E-state index contributed by atoms with van der Waals surface area (Å²) in [6.45, 7) is 8.19. The van der Waals surface area contributed by atoms with Crippen LogP contribution in [0, 0.1) is 5.41 Å². The number of anilines is 1. The number of aryl methyl sites for hydroxylation is 1. The molecular weight excluding hydrogens is 587 g/mol. The third kappa shape index (κ3) is 6.52. The van der Waals surface area contributed by atoms with E-state index in [9.17, 15) is 13.0 Å². The van der Waals surface area contributed by atoms with Gasteiger partial charge in [0, 0.05) is 0 Å². The van der Waals surface area contributed by atoms with E-state index in [-0.39, 0.29) is 32.5 Å². The molecule has 5 rings (SSSR count). The standard InChI is InChI=1S/C32H36N2O4SSe/c1-5-33-29-20-27(38-4)13-14-30(29)40-31(33)19-24-17-23(21-32(2,3)22-24)18-26-12-11-25-9-6-7-10-28(25)34(26)15-8-16-39(35,36)37/h6-7,9-14,17-20H,5,8,15-16,21-22H2,1-4H3. The molecule has 6 nitrogen and oxygen atoms in total. The fourth-order valence-corrected chi connectivity index (χ4v) is 8.70. The molecule has 0 amide bonds. The van der Waals surface area contributed by atoms with Crippen molar-refractivity contribution >= 4 is 52.2 Å². The van der Waals surface area contributed by atoms with E-state index in [0.29, 0.717) is 6.54 Å². The number of pyridine rings is 1. The third-order valence-electron chi connectivity index (χ3n) is 7.38. The Morgan fingerprint density at radius 3 is 2.65 bits per heavy atom. The van der Waals surface area contributed by atoms with Crippen LogP contribution in [0.5, 0.6) is 5.75 Å². The number of ether oxygens (including phenoxy) is 1. The number of allylic oxidation sites excluding steroid dienone is 4. The average Bonchev–Trinajstić information content (AvgIpc) is 3.23. The Morgan fingerprint density at radius 2 is 1.90 bits per heavy atom. The summed E-state index contributed by atoms with van der Waals surface area (Å²) < 4.78 is 44.2. The van der Waals surface area contributed by atoms with Gasteiger partial charge in [-0.3, -0.25) is 0 Å². The Morgan fingerprint density at radius 1 is 1.10 bits per heavy atom. The van der Waals surface area contributed by atoms with Gasteiger partial charge in [-0.1, -0.05) is 0 Å². The molecule has 2 aliphatic rings. The number of hydrogen-bond acceptors (Lipinski definition) is 5. The summed E-state index contributed by atoms with van der Waals surface area (Å²) >= 11 is 0.229. The van der Waals surface area contributed by atoms with Gasteiger partial charge in [0.25, 0.3) is 0 Å².